The summed E-state index contributed by atoms with van der Waals surface area (Å²) in [7, 11) is -0.311. The Labute approximate surface area is 104 Å². The second-order valence-electron chi connectivity index (χ2n) is 5.45. The minimum Gasteiger partial charge on any atom is -0.466 e. The Kier molecular flexibility index (Phi) is 4.61. The van der Waals surface area contributed by atoms with Crippen LogP contribution in [0.15, 0.2) is 0 Å². The molecule has 0 spiro atoms. The van der Waals surface area contributed by atoms with Crippen molar-refractivity contribution in [3.05, 3.63) is 0 Å². The summed E-state index contributed by atoms with van der Waals surface area (Å²) < 4.78 is 16.6. The van der Waals surface area contributed by atoms with Crippen LogP contribution in [0.3, 0.4) is 0 Å². The quantitative estimate of drug-likeness (QED) is 0.548. The third-order valence-corrected chi connectivity index (χ3v) is 3.35. The van der Waals surface area contributed by atoms with E-state index in [1.807, 2.05) is 34.6 Å². The van der Waals surface area contributed by atoms with Crippen LogP contribution in [0.4, 0.5) is 0 Å². The molecule has 0 amide bonds. The van der Waals surface area contributed by atoms with Crippen LogP contribution < -0.4 is 0 Å². The van der Waals surface area contributed by atoms with Gasteiger partial charge in [-0.1, -0.05) is 6.92 Å². The molecular weight excluding hydrogens is 219 g/mol. The number of hydrogen-bond acceptors (Lipinski definition) is 4. The first-order chi connectivity index (χ1) is 7.78. The molecule has 0 unspecified atom stereocenters. The maximum Gasteiger partial charge on any atom is 0.458 e. The third kappa shape index (κ3) is 3.71. The van der Waals surface area contributed by atoms with Crippen molar-refractivity contribution >= 4 is 13.1 Å². The summed E-state index contributed by atoms with van der Waals surface area (Å²) in [4.78, 5) is 11.3. The molecule has 0 atom stereocenters. The number of rotatable bonds is 5. The van der Waals surface area contributed by atoms with E-state index in [2.05, 4.69) is 0 Å². The summed E-state index contributed by atoms with van der Waals surface area (Å²) in [6.07, 6.45) is 1.74. The largest absolute Gasteiger partial charge is 0.466 e. The van der Waals surface area contributed by atoms with Crippen molar-refractivity contribution in [1.82, 2.24) is 0 Å². The zero-order valence-electron chi connectivity index (χ0n) is 11.5. The Morgan fingerprint density at radius 3 is 2.18 bits per heavy atom. The van der Waals surface area contributed by atoms with Gasteiger partial charge in [-0.15, -0.1) is 0 Å². The highest BCUT2D eigenvalue weighted by Crippen LogP contribution is 2.37. The van der Waals surface area contributed by atoms with Gasteiger partial charge in [0.05, 0.1) is 17.8 Å². The van der Waals surface area contributed by atoms with Crippen molar-refractivity contribution in [2.75, 3.05) is 6.61 Å². The average molecular weight is 242 g/mol. The molecule has 17 heavy (non-hydrogen) atoms. The molecule has 1 aliphatic heterocycles. The first-order valence-corrected chi connectivity index (χ1v) is 6.30. The maximum absolute atomic E-state index is 11.3. The summed E-state index contributed by atoms with van der Waals surface area (Å²) >= 11 is 0. The highest BCUT2D eigenvalue weighted by atomic mass is 16.7. The highest BCUT2D eigenvalue weighted by Gasteiger charge is 2.50. The van der Waals surface area contributed by atoms with Crippen LogP contribution in [-0.2, 0) is 18.8 Å². The second kappa shape index (κ2) is 5.40. The fourth-order valence-corrected chi connectivity index (χ4v) is 1.61. The summed E-state index contributed by atoms with van der Waals surface area (Å²) in [5, 5.41) is 0. The molecular formula is C12H23BO4. The molecule has 1 fully saturated rings. The summed E-state index contributed by atoms with van der Waals surface area (Å²) in [5.74, 6) is -0.179. The molecule has 0 radical (unpaired) electrons. The smallest absolute Gasteiger partial charge is 0.458 e. The van der Waals surface area contributed by atoms with E-state index < -0.39 is 0 Å². The predicted octanol–water partition coefficient (Wildman–Crippen LogP) is 2.42. The lowest BCUT2D eigenvalue weighted by Gasteiger charge is -2.32. The van der Waals surface area contributed by atoms with Crippen molar-refractivity contribution in [2.45, 2.75) is 65.0 Å². The predicted molar refractivity (Wildman–Crippen MR) is 66.8 cm³/mol. The van der Waals surface area contributed by atoms with Gasteiger partial charge in [0, 0.05) is 6.42 Å². The zero-order valence-corrected chi connectivity index (χ0v) is 11.5. The summed E-state index contributed by atoms with van der Waals surface area (Å²) in [6.45, 7) is 10.5. The summed E-state index contributed by atoms with van der Waals surface area (Å²) in [5.41, 5.74) is -0.657. The van der Waals surface area contributed by atoms with Crippen molar-refractivity contribution in [1.29, 1.82) is 0 Å². The van der Waals surface area contributed by atoms with Crippen LogP contribution in [0.5, 0.6) is 0 Å². The molecule has 0 aromatic heterocycles. The van der Waals surface area contributed by atoms with E-state index in [1.54, 1.807) is 0 Å². The molecule has 0 saturated carbocycles. The molecule has 1 aliphatic rings. The van der Waals surface area contributed by atoms with Crippen molar-refractivity contribution in [2.24, 2.45) is 0 Å². The van der Waals surface area contributed by atoms with Crippen LogP contribution in [0.25, 0.3) is 0 Å². The van der Waals surface area contributed by atoms with Gasteiger partial charge in [-0.2, -0.15) is 0 Å². The van der Waals surface area contributed by atoms with Crippen molar-refractivity contribution in [3.8, 4) is 0 Å². The Morgan fingerprint density at radius 2 is 1.71 bits per heavy atom. The average Bonchev–Trinajstić information content (AvgIpc) is 2.41. The Balaban J connectivity index is 2.33. The molecule has 0 aliphatic carbocycles. The van der Waals surface area contributed by atoms with Crippen molar-refractivity contribution in [3.63, 3.8) is 0 Å². The Morgan fingerprint density at radius 1 is 1.18 bits per heavy atom. The molecule has 4 nitrogen and oxygen atoms in total. The van der Waals surface area contributed by atoms with E-state index in [1.165, 1.54) is 0 Å². The van der Waals surface area contributed by atoms with E-state index in [9.17, 15) is 4.79 Å². The molecule has 0 N–H and O–H groups in total. The number of ether oxygens (including phenoxy) is 1. The van der Waals surface area contributed by atoms with E-state index in [4.69, 9.17) is 14.0 Å². The molecule has 98 valence electrons. The van der Waals surface area contributed by atoms with Gasteiger partial charge in [0.2, 0.25) is 0 Å². The molecule has 1 rings (SSSR count). The minimum absolute atomic E-state index is 0.179. The second-order valence-corrected chi connectivity index (χ2v) is 5.45. The standard InChI is InChI=1S/C12H23BO4/c1-6-9-15-10(14)7-8-13-16-11(2,3)12(4,5)17-13/h6-9H2,1-5H3. The van der Waals surface area contributed by atoms with Gasteiger partial charge < -0.3 is 14.0 Å². The lowest BCUT2D eigenvalue weighted by atomic mass is 9.83. The van der Waals surface area contributed by atoms with Crippen LogP contribution >= 0.6 is 0 Å². The van der Waals surface area contributed by atoms with Crippen LogP contribution in [0.1, 0.15) is 47.5 Å². The monoisotopic (exact) mass is 242 g/mol. The zero-order chi connectivity index (χ0) is 13.1. The van der Waals surface area contributed by atoms with Crippen molar-refractivity contribution < 1.29 is 18.8 Å². The first kappa shape index (κ1) is 14.5. The van der Waals surface area contributed by atoms with Crippen LogP contribution in [0, 0.1) is 0 Å². The fourth-order valence-electron chi connectivity index (χ4n) is 1.61. The van der Waals surface area contributed by atoms with E-state index in [0.29, 0.717) is 19.3 Å². The topological polar surface area (TPSA) is 44.8 Å². The Hall–Kier alpha value is -0.545. The van der Waals surface area contributed by atoms with Gasteiger partial charge in [0.25, 0.3) is 0 Å². The van der Waals surface area contributed by atoms with E-state index >= 15 is 0 Å². The van der Waals surface area contributed by atoms with E-state index in [0.717, 1.165) is 6.42 Å². The fraction of sp³-hybridized carbons (Fsp3) is 0.917. The number of carbonyl (C=O) groups excluding carboxylic acids is 1. The number of hydrogen-bond donors (Lipinski definition) is 0. The third-order valence-electron chi connectivity index (χ3n) is 3.35. The van der Waals surface area contributed by atoms with Gasteiger partial charge in [0.15, 0.2) is 0 Å². The van der Waals surface area contributed by atoms with Crippen LogP contribution in [0.2, 0.25) is 6.32 Å². The normalized spacial score (nSPS) is 21.6. The molecule has 0 aromatic carbocycles. The lowest BCUT2D eigenvalue weighted by Crippen LogP contribution is -2.41. The highest BCUT2D eigenvalue weighted by molar-refractivity contribution is 6.45. The first-order valence-electron chi connectivity index (χ1n) is 6.30. The molecule has 0 bridgehead atoms. The molecule has 5 heteroatoms. The van der Waals surface area contributed by atoms with Gasteiger partial charge in [0.1, 0.15) is 0 Å². The number of esters is 1. The Bertz CT molecular complexity index is 260. The van der Waals surface area contributed by atoms with Crippen LogP contribution in [-0.4, -0.2) is 30.9 Å². The number of carbonyl (C=O) groups is 1. The van der Waals surface area contributed by atoms with Gasteiger partial charge in [-0.3, -0.25) is 4.79 Å². The van der Waals surface area contributed by atoms with Gasteiger partial charge in [-0.25, -0.2) is 0 Å². The lowest BCUT2D eigenvalue weighted by molar-refractivity contribution is -0.143. The summed E-state index contributed by atoms with van der Waals surface area (Å²) in [6, 6.07) is 0. The maximum atomic E-state index is 11.3. The van der Waals surface area contributed by atoms with E-state index in [-0.39, 0.29) is 24.3 Å². The van der Waals surface area contributed by atoms with Gasteiger partial charge >= 0.3 is 13.1 Å². The molecule has 1 heterocycles. The van der Waals surface area contributed by atoms with Gasteiger partial charge in [-0.05, 0) is 40.4 Å². The molecule has 0 aromatic rings. The molecule has 1 saturated heterocycles. The SMILES string of the molecule is CCCOC(=O)CCB1OC(C)(C)C(C)(C)O1. The minimum atomic E-state index is -0.328.